The molecule has 0 heterocycles. The highest BCUT2D eigenvalue weighted by Gasteiger charge is 2.31. The van der Waals surface area contributed by atoms with Gasteiger partial charge in [-0.05, 0) is 20.8 Å². The molecule has 118 valence electrons. The van der Waals surface area contributed by atoms with E-state index in [2.05, 4.69) is 4.74 Å². The van der Waals surface area contributed by atoms with Crippen LogP contribution < -0.4 is 0 Å². The van der Waals surface area contributed by atoms with Gasteiger partial charge in [0.25, 0.3) is 0 Å². The first-order chi connectivity index (χ1) is 9.42. The molecule has 0 atom stereocenters. The number of esters is 1. The molecule has 0 spiro atoms. The summed E-state index contributed by atoms with van der Waals surface area (Å²) in [4.78, 5) is 24.0. The molecule has 20 heavy (non-hydrogen) atoms. The smallest absolute Gasteiger partial charge is 0.410 e. The Morgan fingerprint density at radius 2 is 1.60 bits per heavy atom. The van der Waals surface area contributed by atoms with Crippen molar-refractivity contribution in [1.29, 1.82) is 0 Å². The lowest BCUT2D eigenvalue weighted by Gasteiger charge is -2.25. The minimum absolute atomic E-state index is 0.129. The van der Waals surface area contributed by atoms with E-state index >= 15 is 0 Å². The Bertz CT molecular complexity index is 351. The third-order valence-electron chi connectivity index (χ3n) is 2.07. The van der Waals surface area contributed by atoms with Crippen LogP contribution in [0.4, 0.5) is 4.79 Å². The van der Waals surface area contributed by atoms with Gasteiger partial charge in [0, 0.05) is 0 Å². The Hall–Kier alpha value is -1.11. The second kappa shape index (κ2) is 9.74. The maximum absolute atomic E-state index is 12.4. The number of hydrogen-bond acceptors (Lipinski definition) is 7. The van der Waals surface area contributed by atoms with Gasteiger partial charge in [-0.25, -0.2) is 4.79 Å². The summed E-state index contributed by atoms with van der Waals surface area (Å²) < 4.78 is 31.8. The molecule has 0 rings (SSSR count). The highest BCUT2D eigenvalue weighted by atomic mass is 31.2. The van der Waals surface area contributed by atoms with Crippen LogP contribution in [-0.4, -0.2) is 56.7 Å². The van der Waals surface area contributed by atoms with Crippen molar-refractivity contribution in [3.8, 4) is 0 Å². The normalized spacial score (nSPS) is 11.0. The fourth-order valence-electron chi connectivity index (χ4n) is 1.33. The first kappa shape index (κ1) is 18.9. The summed E-state index contributed by atoms with van der Waals surface area (Å²) in [6.07, 6.45) is -1.15. The molecule has 9 heteroatoms. The van der Waals surface area contributed by atoms with Crippen LogP contribution in [0.1, 0.15) is 20.8 Å². The number of methoxy groups -OCH3 is 1. The predicted octanol–water partition coefficient (Wildman–Crippen LogP) is 1.84. The molecule has 0 unspecified atom stereocenters. The van der Waals surface area contributed by atoms with Crippen molar-refractivity contribution >= 4 is 19.7 Å². The van der Waals surface area contributed by atoms with Crippen LogP contribution >= 0.6 is 7.60 Å². The molecule has 0 saturated carbocycles. The summed E-state index contributed by atoms with van der Waals surface area (Å²) in [6.45, 7) is 4.99. The van der Waals surface area contributed by atoms with E-state index < -0.39 is 19.7 Å². The van der Waals surface area contributed by atoms with E-state index in [1.807, 2.05) is 0 Å². The highest BCUT2D eigenvalue weighted by Crippen LogP contribution is 2.48. The quantitative estimate of drug-likeness (QED) is 0.474. The lowest BCUT2D eigenvalue weighted by Crippen LogP contribution is -2.37. The molecule has 0 aliphatic carbocycles. The van der Waals surface area contributed by atoms with Crippen molar-refractivity contribution in [1.82, 2.24) is 4.90 Å². The average molecular weight is 311 g/mol. The third-order valence-corrected chi connectivity index (χ3v) is 4.06. The van der Waals surface area contributed by atoms with Crippen molar-refractivity contribution in [3.05, 3.63) is 0 Å². The number of carbonyl (C=O) groups is 2. The predicted molar refractivity (Wildman–Crippen MR) is 71.5 cm³/mol. The number of hydrogen-bond donors (Lipinski definition) is 0. The summed E-state index contributed by atoms with van der Waals surface area (Å²) in [5.74, 6) is -0.655. The van der Waals surface area contributed by atoms with Gasteiger partial charge in [-0.2, -0.15) is 0 Å². The lowest BCUT2D eigenvalue weighted by molar-refractivity contribution is -0.141. The molecule has 0 bridgehead atoms. The Labute approximate surface area is 118 Å². The van der Waals surface area contributed by atoms with Crippen molar-refractivity contribution < 1.29 is 32.7 Å². The molecule has 0 aromatic rings. The van der Waals surface area contributed by atoms with E-state index in [1.165, 1.54) is 7.11 Å². The van der Waals surface area contributed by atoms with Crippen molar-refractivity contribution in [2.45, 2.75) is 20.8 Å². The van der Waals surface area contributed by atoms with E-state index in [1.54, 1.807) is 20.8 Å². The minimum atomic E-state index is -3.50. The van der Waals surface area contributed by atoms with Crippen molar-refractivity contribution in [2.75, 3.05) is 39.8 Å². The molecule has 1 amide bonds. The second-order valence-corrected chi connectivity index (χ2v) is 5.58. The van der Waals surface area contributed by atoms with Gasteiger partial charge < -0.3 is 18.5 Å². The molecule has 0 aliphatic rings. The largest absolute Gasteiger partial charge is 0.468 e. The van der Waals surface area contributed by atoms with Crippen LogP contribution in [0.15, 0.2) is 0 Å². The molecular weight excluding hydrogens is 289 g/mol. The molecule has 0 aromatic carbocycles. The van der Waals surface area contributed by atoms with Gasteiger partial charge in [0.2, 0.25) is 0 Å². The van der Waals surface area contributed by atoms with E-state index in [4.69, 9.17) is 13.8 Å². The lowest BCUT2D eigenvalue weighted by atomic mass is 10.6. The molecule has 0 radical (unpaired) electrons. The van der Waals surface area contributed by atoms with Gasteiger partial charge in [-0.15, -0.1) is 0 Å². The highest BCUT2D eigenvalue weighted by molar-refractivity contribution is 7.53. The van der Waals surface area contributed by atoms with Gasteiger partial charge in [0.1, 0.15) is 12.8 Å². The molecule has 0 fully saturated rings. The second-order valence-electron chi connectivity index (χ2n) is 3.56. The SMILES string of the molecule is CCOC(=O)N(CC(=O)OC)CP(=O)(OCC)OCC. The van der Waals surface area contributed by atoms with Gasteiger partial charge in [0.05, 0.1) is 26.9 Å². The van der Waals surface area contributed by atoms with Gasteiger partial charge in [-0.1, -0.05) is 0 Å². The van der Waals surface area contributed by atoms with Gasteiger partial charge in [0.15, 0.2) is 0 Å². The summed E-state index contributed by atoms with van der Waals surface area (Å²) >= 11 is 0. The third kappa shape index (κ3) is 6.88. The van der Waals surface area contributed by atoms with Gasteiger partial charge in [-0.3, -0.25) is 14.3 Å². The first-order valence-electron chi connectivity index (χ1n) is 6.29. The van der Waals surface area contributed by atoms with Crippen molar-refractivity contribution in [2.24, 2.45) is 0 Å². The summed E-state index contributed by atoms with van der Waals surface area (Å²) in [5, 5.41) is 0. The first-order valence-corrected chi connectivity index (χ1v) is 8.01. The molecule has 0 saturated heterocycles. The maximum Gasteiger partial charge on any atom is 0.410 e. The van der Waals surface area contributed by atoms with E-state index in [0.717, 1.165) is 4.90 Å². The van der Waals surface area contributed by atoms with Crippen LogP contribution in [0.3, 0.4) is 0 Å². The molecule has 0 aromatic heterocycles. The summed E-state index contributed by atoms with van der Waals surface area (Å²) in [5.41, 5.74) is 0. The molecule has 0 aliphatic heterocycles. The molecular formula is C11H22NO7P. The number of ether oxygens (including phenoxy) is 2. The number of nitrogens with zero attached hydrogens (tertiary/aromatic N) is 1. The molecule has 0 N–H and O–H groups in total. The molecule has 8 nitrogen and oxygen atoms in total. The van der Waals surface area contributed by atoms with Crippen LogP contribution in [0.2, 0.25) is 0 Å². The van der Waals surface area contributed by atoms with E-state index in [-0.39, 0.29) is 32.7 Å². The van der Waals surface area contributed by atoms with Crippen LogP contribution in [-0.2, 0) is 27.9 Å². The van der Waals surface area contributed by atoms with Gasteiger partial charge >= 0.3 is 19.7 Å². The van der Waals surface area contributed by atoms with Crippen LogP contribution in [0.5, 0.6) is 0 Å². The Morgan fingerprint density at radius 3 is 2.00 bits per heavy atom. The fraction of sp³-hybridized carbons (Fsp3) is 0.818. The zero-order chi connectivity index (χ0) is 15.6. The zero-order valence-electron chi connectivity index (χ0n) is 12.3. The Kier molecular flexibility index (Phi) is 9.20. The number of amides is 1. The number of carbonyl (C=O) groups excluding carboxylic acids is 2. The van der Waals surface area contributed by atoms with Crippen LogP contribution in [0, 0.1) is 0 Å². The Balaban J connectivity index is 4.95. The standard InChI is InChI=1S/C11H22NO7P/c1-5-17-11(14)12(8-10(13)16-4)9-20(15,18-6-2)19-7-3/h5-9H2,1-4H3. The Morgan fingerprint density at radius 1 is 1.05 bits per heavy atom. The minimum Gasteiger partial charge on any atom is -0.468 e. The average Bonchev–Trinajstić information content (AvgIpc) is 2.38. The monoisotopic (exact) mass is 311 g/mol. The zero-order valence-corrected chi connectivity index (χ0v) is 13.2. The number of rotatable bonds is 9. The summed E-state index contributed by atoms with van der Waals surface area (Å²) in [6, 6.07) is 0. The summed E-state index contributed by atoms with van der Waals surface area (Å²) in [7, 11) is -2.31. The fourth-order valence-corrected chi connectivity index (χ4v) is 2.99. The van der Waals surface area contributed by atoms with E-state index in [0.29, 0.717) is 0 Å². The topological polar surface area (TPSA) is 91.4 Å². The maximum atomic E-state index is 12.4. The van der Waals surface area contributed by atoms with E-state index in [9.17, 15) is 14.2 Å². The van der Waals surface area contributed by atoms with Crippen LogP contribution in [0.25, 0.3) is 0 Å². The van der Waals surface area contributed by atoms with Crippen molar-refractivity contribution in [3.63, 3.8) is 0 Å².